The fraction of sp³-hybridized carbons (Fsp3) is 0.148. The second-order valence-electron chi connectivity index (χ2n) is 7.61. The molecule has 0 radical (unpaired) electrons. The van der Waals surface area contributed by atoms with E-state index in [1.54, 1.807) is 30.3 Å². The molecule has 1 aliphatic heterocycles. The SMILES string of the molecule is CCOc1cc(/C=C2\N=C(c3ccc(NC(C)=O)cc3)OC2=O)ccc1OCc1ccccc1I. The van der Waals surface area contributed by atoms with Crippen LogP contribution in [0.4, 0.5) is 5.69 Å². The lowest BCUT2D eigenvalue weighted by molar-refractivity contribution is -0.129. The molecule has 0 saturated carbocycles. The topological polar surface area (TPSA) is 86.2 Å². The summed E-state index contributed by atoms with van der Waals surface area (Å²) in [4.78, 5) is 28.0. The van der Waals surface area contributed by atoms with E-state index in [-0.39, 0.29) is 17.5 Å². The number of nitrogens with zero attached hydrogens (tertiary/aromatic N) is 1. The first-order chi connectivity index (χ1) is 16.9. The Bertz CT molecular complexity index is 1320. The quantitative estimate of drug-likeness (QED) is 0.213. The van der Waals surface area contributed by atoms with Crippen LogP contribution < -0.4 is 14.8 Å². The van der Waals surface area contributed by atoms with Gasteiger partial charge in [-0.25, -0.2) is 9.79 Å². The average molecular weight is 582 g/mol. The lowest BCUT2D eigenvalue weighted by Crippen LogP contribution is -2.07. The van der Waals surface area contributed by atoms with Gasteiger partial charge in [0.2, 0.25) is 11.8 Å². The molecule has 0 saturated heterocycles. The van der Waals surface area contributed by atoms with E-state index in [1.165, 1.54) is 6.92 Å². The molecule has 8 heteroatoms. The van der Waals surface area contributed by atoms with Crippen molar-refractivity contribution >= 4 is 52.1 Å². The Morgan fingerprint density at radius 2 is 1.83 bits per heavy atom. The zero-order valence-corrected chi connectivity index (χ0v) is 21.4. The molecule has 1 N–H and O–H groups in total. The maximum absolute atomic E-state index is 12.4. The molecular formula is C27H23IN2O5. The van der Waals surface area contributed by atoms with E-state index < -0.39 is 5.97 Å². The number of hydrogen-bond acceptors (Lipinski definition) is 6. The predicted molar refractivity (Wildman–Crippen MR) is 142 cm³/mol. The summed E-state index contributed by atoms with van der Waals surface area (Å²) in [6.07, 6.45) is 1.65. The van der Waals surface area contributed by atoms with Crippen LogP contribution in [0, 0.1) is 3.57 Å². The van der Waals surface area contributed by atoms with Crippen LogP contribution in [-0.2, 0) is 20.9 Å². The molecule has 35 heavy (non-hydrogen) atoms. The van der Waals surface area contributed by atoms with Gasteiger partial charge in [-0.2, -0.15) is 0 Å². The molecule has 0 spiro atoms. The molecule has 0 aromatic heterocycles. The van der Waals surface area contributed by atoms with Gasteiger partial charge in [0.1, 0.15) is 6.61 Å². The third kappa shape index (κ3) is 6.27. The van der Waals surface area contributed by atoms with Crippen molar-refractivity contribution in [1.29, 1.82) is 0 Å². The van der Waals surface area contributed by atoms with Gasteiger partial charge in [-0.05, 0) is 83.6 Å². The standard InChI is InChI=1S/C27H23IN2O5/c1-3-33-25-15-18(8-13-24(25)34-16-20-6-4-5-7-22(20)28)14-23-27(32)35-26(30-23)19-9-11-21(12-10-19)29-17(2)31/h4-15H,3,16H2,1-2H3,(H,29,31)/b23-14-. The minimum absolute atomic E-state index is 0.162. The Kier molecular flexibility index (Phi) is 7.81. The molecule has 0 bridgehead atoms. The summed E-state index contributed by atoms with van der Waals surface area (Å²) in [7, 11) is 0. The van der Waals surface area contributed by atoms with E-state index >= 15 is 0 Å². The Morgan fingerprint density at radius 3 is 2.54 bits per heavy atom. The zero-order chi connectivity index (χ0) is 24.8. The van der Waals surface area contributed by atoms with Crippen molar-refractivity contribution in [2.24, 2.45) is 4.99 Å². The number of amides is 1. The Labute approximate surface area is 217 Å². The van der Waals surface area contributed by atoms with Gasteiger partial charge >= 0.3 is 5.97 Å². The molecule has 1 heterocycles. The Morgan fingerprint density at radius 1 is 1.06 bits per heavy atom. The minimum atomic E-state index is -0.539. The van der Waals surface area contributed by atoms with Gasteiger partial charge in [0, 0.05) is 27.3 Å². The lowest BCUT2D eigenvalue weighted by Gasteiger charge is -2.13. The first-order valence-corrected chi connectivity index (χ1v) is 12.0. The number of anilines is 1. The fourth-order valence-corrected chi connectivity index (χ4v) is 3.91. The molecule has 4 rings (SSSR count). The van der Waals surface area contributed by atoms with Crippen molar-refractivity contribution in [3.05, 3.63) is 92.7 Å². The van der Waals surface area contributed by atoms with E-state index in [9.17, 15) is 9.59 Å². The van der Waals surface area contributed by atoms with Crippen molar-refractivity contribution in [2.75, 3.05) is 11.9 Å². The molecule has 1 aliphatic rings. The number of cyclic esters (lactones) is 1. The summed E-state index contributed by atoms with van der Waals surface area (Å²) in [6, 6.07) is 20.4. The smallest absolute Gasteiger partial charge is 0.363 e. The number of nitrogens with one attached hydrogen (secondary N) is 1. The van der Waals surface area contributed by atoms with Gasteiger partial charge in [-0.15, -0.1) is 0 Å². The normalized spacial score (nSPS) is 13.9. The van der Waals surface area contributed by atoms with Crippen LogP contribution >= 0.6 is 22.6 Å². The molecule has 178 valence electrons. The highest BCUT2D eigenvalue weighted by molar-refractivity contribution is 14.1. The summed E-state index contributed by atoms with van der Waals surface area (Å²) in [6.45, 7) is 4.23. The molecule has 0 aliphatic carbocycles. The number of carbonyl (C=O) groups excluding carboxylic acids is 2. The van der Waals surface area contributed by atoms with E-state index in [2.05, 4.69) is 32.9 Å². The first-order valence-electron chi connectivity index (χ1n) is 11.0. The van der Waals surface area contributed by atoms with Crippen molar-refractivity contribution in [3.63, 3.8) is 0 Å². The zero-order valence-electron chi connectivity index (χ0n) is 19.2. The van der Waals surface area contributed by atoms with Crippen molar-refractivity contribution in [1.82, 2.24) is 0 Å². The van der Waals surface area contributed by atoms with Crippen LogP contribution in [-0.4, -0.2) is 24.4 Å². The molecule has 0 atom stereocenters. The van der Waals surface area contributed by atoms with Crippen molar-refractivity contribution < 1.29 is 23.8 Å². The van der Waals surface area contributed by atoms with Gasteiger partial charge in [0.05, 0.1) is 6.61 Å². The Balaban J connectivity index is 1.53. The van der Waals surface area contributed by atoms with Gasteiger partial charge in [0.15, 0.2) is 17.2 Å². The van der Waals surface area contributed by atoms with Crippen molar-refractivity contribution in [2.45, 2.75) is 20.5 Å². The highest BCUT2D eigenvalue weighted by atomic mass is 127. The van der Waals surface area contributed by atoms with E-state index in [0.29, 0.717) is 36.0 Å². The van der Waals surface area contributed by atoms with Gasteiger partial charge < -0.3 is 19.5 Å². The number of hydrogen-bond donors (Lipinski definition) is 1. The van der Waals surface area contributed by atoms with Crippen LogP contribution in [0.25, 0.3) is 6.08 Å². The van der Waals surface area contributed by atoms with Gasteiger partial charge in [-0.1, -0.05) is 24.3 Å². The number of esters is 1. The second-order valence-corrected chi connectivity index (χ2v) is 8.78. The highest BCUT2D eigenvalue weighted by Gasteiger charge is 2.24. The molecule has 0 unspecified atom stereocenters. The lowest BCUT2D eigenvalue weighted by atomic mass is 10.1. The average Bonchev–Trinajstić information content (AvgIpc) is 3.20. The summed E-state index contributed by atoms with van der Waals surface area (Å²) < 4.78 is 18.3. The highest BCUT2D eigenvalue weighted by Crippen LogP contribution is 2.31. The molecular weight excluding hydrogens is 559 g/mol. The van der Waals surface area contributed by atoms with Crippen LogP contribution in [0.1, 0.15) is 30.5 Å². The van der Waals surface area contributed by atoms with Crippen molar-refractivity contribution in [3.8, 4) is 11.5 Å². The molecule has 0 fully saturated rings. The molecule has 1 amide bonds. The number of benzene rings is 3. The van der Waals surface area contributed by atoms with E-state index in [0.717, 1.165) is 14.7 Å². The molecule has 7 nitrogen and oxygen atoms in total. The third-order valence-corrected chi connectivity index (χ3v) is 6.04. The number of aliphatic imine (C=N–C) groups is 1. The van der Waals surface area contributed by atoms with E-state index in [4.69, 9.17) is 14.2 Å². The molecule has 3 aromatic carbocycles. The summed E-state index contributed by atoms with van der Waals surface area (Å²) in [5, 5.41) is 2.69. The maximum atomic E-state index is 12.4. The fourth-order valence-electron chi connectivity index (χ4n) is 3.36. The summed E-state index contributed by atoms with van der Waals surface area (Å²) in [5.74, 6) is 0.703. The number of halogens is 1. The van der Waals surface area contributed by atoms with Crippen LogP contribution in [0.3, 0.4) is 0 Å². The first kappa shape index (κ1) is 24.5. The third-order valence-electron chi connectivity index (χ3n) is 4.98. The van der Waals surface area contributed by atoms with Crippen LogP contribution in [0.5, 0.6) is 11.5 Å². The summed E-state index contributed by atoms with van der Waals surface area (Å²) in [5.41, 5.74) is 3.27. The largest absolute Gasteiger partial charge is 0.490 e. The second kappa shape index (κ2) is 11.2. The maximum Gasteiger partial charge on any atom is 0.363 e. The van der Waals surface area contributed by atoms with Crippen LogP contribution in [0.15, 0.2) is 77.4 Å². The predicted octanol–water partition coefficient (Wildman–Crippen LogP) is 5.57. The number of rotatable bonds is 8. The van der Waals surface area contributed by atoms with E-state index in [1.807, 2.05) is 49.4 Å². The van der Waals surface area contributed by atoms with Gasteiger partial charge in [0.25, 0.3) is 0 Å². The number of carbonyl (C=O) groups is 2. The van der Waals surface area contributed by atoms with Crippen LogP contribution in [0.2, 0.25) is 0 Å². The number of ether oxygens (including phenoxy) is 3. The van der Waals surface area contributed by atoms with Gasteiger partial charge in [-0.3, -0.25) is 4.79 Å². The summed E-state index contributed by atoms with van der Waals surface area (Å²) >= 11 is 2.28. The Hall–Kier alpha value is -3.66. The molecule has 3 aromatic rings. The minimum Gasteiger partial charge on any atom is -0.490 e. The monoisotopic (exact) mass is 582 g/mol.